The number of carbonyl (C=O) groups excluding carboxylic acids is 2. The van der Waals surface area contributed by atoms with Gasteiger partial charge in [-0.15, -0.1) is 0 Å². The highest BCUT2D eigenvalue weighted by Gasteiger charge is 2.35. The summed E-state index contributed by atoms with van der Waals surface area (Å²) in [5.74, 6) is -0.921. The number of likely N-dealkylation sites (N-methyl/N-ethyl adjacent to an activating group) is 1. The summed E-state index contributed by atoms with van der Waals surface area (Å²) >= 11 is 12.9. The van der Waals surface area contributed by atoms with Gasteiger partial charge in [-0.3, -0.25) is 13.9 Å². The summed E-state index contributed by atoms with van der Waals surface area (Å²) in [5, 5.41) is 2.99. The van der Waals surface area contributed by atoms with Crippen LogP contribution in [0.3, 0.4) is 0 Å². The molecule has 0 saturated heterocycles. The van der Waals surface area contributed by atoms with Crippen molar-refractivity contribution in [3.63, 3.8) is 0 Å². The van der Waals surface area contributed by atoms with Crippen LogP contribution >= 0.6 is 23.2 Å². The van der Waals surface area contributed by atoms with E-state index < -0.39 is 28.5 Å². The number of nitrogens with one attached hydrogen (secondary N) is 1. The van der Waals surface area contributed by atoms with Gasteiger partial charge in [-0.2, -0.15) is 0 Å². The molecule has 0 unspecified atom stereocenters. The molecule has 4 aromatic carbocycles. The molecule has 0 radical (unpaired) electrons. The van der Waals surface area contributed by atoms with E-state index >= 15 is 0 Å². The number of amides is 2. The zero-order chi connectivity index (χ0) is 31.9. The quantitative estimate of drug-likeness (QED) is 0.187. The first-order valence-corrected chi connectivity index (χ1v) is 16.4. The van der Waals surface area contributed by atoms with Crippen molar-refractivity contribution < 1.29 is 18.0 Å². The van der Waals surface area contributed by atoms with Crippen molar-refractivity contribution in [1.82, 2.24) is 10.2 Å². The van der Waals surface area contributed by atoms with Crippen molar-refractivity contribution >= 4 is 50.7 Å². The molecule has 0 aliphatic carbocycles. The maximum absolute atomic E-state index is 14.4. The molecule has 10 heteroatoms. The van der Waals surface area contributed by atoms with E-state index in [9.17, 15) is 18.0 Å². The van der Waals surface area contributed by atoms with E-state index in [1.165, 1.54) is 23.1 Å². The fourth-order valence-corrected chi connectivity index (χ4v) is 6.65. The lowest BCUT2D eigenvalue weighted by molar-refractivity contribution is -0.140. The predicted octanol–water partition coefficient (Wildman–Crippen LogP) is 6.58. The third kappa shape index (κ3) is 8.00. The van der Waals surface area contributed by atoms with Crippen LogP contribution in [0.4, 0.5) is 5.69 Å². The number of hydrogen-bond acceptors (Lipinski definition) is 4. The molecule has 2 amide bonds. The van der Waals surface area contributed by atoms with Gasteiger partial charge in [0.2, 0.25) is 11.8 Å². The summed E-state index contributed by atoms with van der Waals surface area (Å²) in [5.41, 5.74) is 3.62. The van der Waals surface area contributed by atoms with Crippen LogP contribution in [0, 0.1) is 13.8 Å². The minimum atomic E-state index is -4.29. The molecule has 1 atom stereocenters. The van der Waals surface area contributed by atoms with Crippen molar-refractivity contribution in [2.24, 2.45) is 0 Å². The first-order chi connectivity index (χ1) is 21.0. The molecule has 0 heterocycles. The van der Waals surface area contributed by atoms with Gasteiger partial charge in [0.05, 0.1) is 20.6 Å². The number of aryl methyl sites for hydroxylation is 2. The minimum Gasteiger partial charge on any atom is -0.355 e. The number of carbonyl (C=O) groups is 2. The molecule has 0 bridgehead atoms. The van der Waals surface area contributed by atoms with Crippen LogP contribution in [0.15, 0.2) is 102 Å². The van der Waals surface area contributed by atoms with Crippen molar-refractivity contribution in [3.8, 4) is 0 Å². The second-order valence-electron chi connectivity index (χ2n) is 10.5. The lowest BCUT2D eigenvalue weighted by Gasteiger charge is -2.34. The van der Waals surface area contributed by atoms with Crippen molar-refractivity contribution in [3.05, 3.63) is 129 Å². The average Bonchev–Trinajstić information content (AvgIpc) is 3.01. The highest BCUT2D eigenvalue weighted by atomic mass is 35.5. The first kappa shape index (κ1) is 33.1. The van der Waals surface area contributed by atoms with Gasteiger partial charge in [0.25, 0.3) is 10.0 Å². The van der Waals surface area contributed by atoms with E-state index in [4.69, 9.17) is 23.2 Å². The third-order valence-corrected chi connectivity index (χ3v) is 9.77. The molecule has 0 fully saturated rings. The Balaban J connectivity index is 1.82. The molecular formula is C34H35Cl2N3O4S. The number of hydrogen-bond donors (Lipinski definition) is 1. The second-order valence-corrected chi connectivity index (χ2v) is 13.2. The summed E-state index contributed by atoms with van der Waals surface area (Å²) in [6.07, 6.45) is 0.229. The number of halogens is 2. The standard InChI is InChI=1S/C34H35Cl2N3O4S/c1-4-37-34(41)31(21-26-9-6-5-7-10-26)38(22-27-17-13-24(2)14-18-27)32(40)23-39(30-12-8-11-29(35)33(30)36)44(42,43)28-19-15-25(3)16-20-28/h5-20,31H,4,21-23H2,1-3H3,(H,37,41)/t31-/m1/s1. The Morgan fingerprint density at radius 1 is 0.795 bits per heavy atom. The zero-order valence-electron chi connectivity index (χ0n) is 24.8. The Morgan fingerprint density at radius 2 is 1.41 bits per heavy atom. The highest BCUT2D eigenvalue weighted by molar-refractivity contribution is 7.92. The molecule has 230 valence electrons. The topological polar surface area (TPSA) is 86.8 Å². The van der Waals surface area contributed by atoms with E-state index in [0.29, 0.717) is 6.54 Å². The molecule has 0 aliphatic rings. The lowest BCUT2D eigenvalue weighted by atomic mass is 10.0. The summed E-state index contributed by atoms with van der Waals surface area (Å²) in [6.45, 7) is 5.44. The van der Waals surface area contributed by atoms with Gasteiger partial charge in [-0.1, -0.05) is 107 Å². The Morgan fingerprint density at radius 3 is 2.02 bits per heavy atom. The Bertz CT molecular complexity index is 1700. The van der Waals surface area contributed by atoms with Crippen molar-refractivity contribution in [2.45, 2.75) is 44.7 Å². The Hall–Kier alpha value is -3.85. The normalized spacial score (nSPS) is 11.9. The number of nitrogens with zero attached hydrogens (tertiary/aromatic N) is 2. The van der Waals surface area contributed by atoms with Gasteiger partial charge in [0, 0.05) is 19.5 Å². The number of benzene rings is 4. The number of rotatable bonds is 12. The maximum atomic E-state index is 14.4. The molecule has 0 aromatic heterocycles. The maximum Gasteiger partial charge on any atom is 0.264 e. The third-order valence-electron chi connectivity index (χ3n) is 7.18. The van der Waals surface area contributed by atoms with Crippen molar-refractivity contribution in [1.29, 1.82) is 0 Å². The van der Waals surface area contributed by atoms with E-state index in [1.54, 1.807) is 31.2 Å². The second kappa shape index (κ2) is 14.8. The Labute approximate surface area is 269 Å². The van der Waals surface area contributed by atoms with Crippen LogP contribution in [0.1, 0.15) is 29.2 Å². The van der Waals surface area contributed by atoms with Crippen LogP contribution in [-0.2, 0) is 32.6 Å². The van der Waals surface area contributed by atoms with E-state index in [0.717, 1.165) is 26.6 Å². The fourth-order valence-electron chi connectivity index (χ4n) is 4.77. The molecule has 7 nitrogen and oxygen atoms in total. The molecule has 44 heavy (non-hydrogen) atoms. The summed E-state index contributed by atoms with van der Waals surface area (Å²) in [4.78, 5) is 29.4. The summed E-state index contributed by atoms with van der Waals surface area (Å²) < 4.78 is 29.2. The van der Waals surface area contributed by atoms with E-state index in [-0.39, 0.29) is 39.5 Å². The van der Waals surface area contributed by atoms with Crippen LogP contribution in [0.2, 0.25) is 10.0 Å². The molecule has 0 spiro atoms. The largest absolute Gasteiger partial charge is 0.355 e. The molecule has 4 aromatic rings. The summed E-state index contributed by atoms with van der Waals surface area (Å²) in [6, 6.07) is 27.0. The monoisotopic (exact) mass is 651 g/mol. The van der Waals surface area contributed by atoms with E-state index in [1.807, 2.05) is 68.4 Å². The van der Waals surface area contributed by atoms with Crippen molar-refractivity contribution in [2.75, 3.05) is 17.4 Å². The first-order valence-electron chi connectivity index (χ1n) is 14.2. The smallest absolute Gasteiger partial charge is 0.264 e. The molecule has 1 N–H and O–H groups in total. The SMILES string of the molecule is CCNC(=O)[C@@H](Cc1ccccc1)N(Cc1ccc(C)cc1)C(=O)CN(c1cccc(Cl)c1Cl)S(=O)(=O)c1ccc(C)cc1. The highest BCUT2D eigenvalue weighted by Crippen LogP contribution is 2.35. The Kier molecular flexibility index (Phi) is 11.1. The van der Waals surface area contributed by atoms with Crippen LogP contribution < -0.4 is 9.62 Å². The van der Waals surface area contributed by atoms with Gasteiger partial charge >= 0.3 is 0 Å². The van der Waals surface area contributed by atoms with Crippen LogP contribution in [-0.4, -0.2) is 44.3 Å². The van der Waals surface area contributed by atoms with Gasteiger partial charge < -0.3 is 10.2 Å². The van der Waals surface area contributed by atoms with E-state index in [2.05, 4.69) is 5.32 Å². The molecule has 0 saturated carbocycles. The van der Waals surface area contributed by atoms with Crippen LogP contribution in [0.5, 0.6) is 0 Å². The fraction of sp³-hybridized carbons (Fsp3) is 0.235. The van der Waals surface area contributed by atoms with Crippen LogP contribution in [0.25, 0.3) is 0 Å². The van der Waals surface area contributed by atoms with Gasteiger partial charge in [0.15, 0.2) is 0 Å². The van der Waals surface area contributed by atoms with Gasteiger partial charge in [0.1, 0.15) is 12.6 Å². The number of sulfonamides is 1. The molecule has 4 rings (SSSR count). The minimum absolute atomic E-state index is 0.00713. The molecular weight excluding hydrogens is 617 g/mol. The number of anilines is 1. The molecule has 0 aliphatic heterocycles. The average molecular weight is 653 g/mol. The van der Waals surface area contributed by atoms with Gasteiger partial charge in [-0.05, 0) is 56.2 Å². The summed E-state index contributed by atoms with van der Waals surface area (Å²) in [7, 11) is -4.29. The zero-order valence-corrected chi connectivity index (χ0v) is 27.2. The predicted molar refractivity (Wildman–Crippen MR) is 177 cm³/mol. The lowest BCUT2D eigenvalue weighted by Crippen LogP contribution is -2.53. The van der Waals surface area contributed by atoms with Gasteiger partial charge in [-0.25, -0.2) is 8.42 Å².